The lowest BCUT2D eigenvalue weighted by atomic mass is 9.81. The van der Waals surface area contributed by atoms with Gasteiger partial charge in [0.05, 0.1) is 30.8 Å². The molecule has 7 nitrogen and oxygen atoms in total. The first-order valence-corrected chi connectivity index (χ1v) is 6.05. The molecule has 21 heavy (non-hydrogen) atoms. The second-order valence-corrected chi connectivity index (χ2v) is 5.15. The first kappa shape index (κ1) is 19.4. The number of methoxy groups -OCH3 is 2. The second kappa shape index (κ2) is 7.44. The third-order valence-corrected chi connectivity index (χ3v) is 3.31. The molecule has 1 aromatic rings. The van der Waals surface area contributed by atoms with Crippen LogP contribution in [0.3, 0.4) is 0 Å². The smallest absolute Gasteiger partial charge is 0.278 e. The fraction of sp³-hybridized carbons (Fsp3) is 0.538. The number of nitro benzene ring substituents is 1. The molecule has 0 fully saturated rings. The van der Waals surface area contributed by atoms with E-state index in [1.54, 1.807) is 13.8 Å². The molecule has 3 N–H and O–H groups in total. The minimum Gasteiger partial charge on any atom is -0.493 e. The maximum absolute atomic E-state index is 11.2. The maximum Gasteiger partial charge on any atom is 0.278 e. The van der Waals surface area contributed by atoms with Gasteiger partial charge in [-0.15, -0.1) is 12.4 Å². The van der Waals surface area contributed by atoms with Gasteiger partial charge in [0.15, 0.2) is 11.5 Å². The highest BCUT2D eigenvalue weighted by Crippen LogP contribution is 2.41. The summed E-state index contributed by atoms with van der Waals surface area (Å²) in [6, 6.07) is 2.05. The Morgan fingerprint density at radius 2 is 1.81 bits per heavy atom. The molecule has 1 rings (SSSR count). The second-order valence-electron chi connectivity index (χ2n) is 5.15. The molecule has 1 aromatic carbocycles. The number of aliphatic hydroxyl groups excluding tert-OH is 1. The van der Waals surface area contributed by atoms with Crippen LogP contribution in [0.1, 0.15) is 25.5 Å². The van der Waals surface area contributed by atoms with Gasteiger partial charge in [0.25, 0.3) is 5.69 Å². The molecule has 8 heteroatoms. The van der Waals surface area contributed by atoms with Gasteiger partial charge in [-0.3, -0.25) is 10.1 Å². The van der Waals surface area contributed by atoms with Crippen LogP contribution in [0.5, 0.6) is 11.5 Å². The van der Waals surface area contributed by atoms with Crippen LogP contribution >= 0.6 is 12.4 Å². The first-order valence-electron chi connectivity index (χ1n) is 6.05. The number of aliphatic hydroxyl groups is 1. The summed E-state index contributed by atoms with van der Waals surface area (Å²) in [5.74, 6) is 0.620. The molecule has 0 bridgehead atoms. The molecule has 0 saturated heterocycles. The molecule has 0 saturated carbocycles. The van der Waals surface area contributed by atoms with Gasteiger partial charge in [-0.1, -0.05) is 13.8 Å². The van der Waals surface area contributed by atoms with E-state index in [-0.39, 0.29) is 30.5 Å². The zero-order valence-electron chi connectivity index (χ0n) is 12.5. The number of halogens is 1. The summed E-state index contributed by atoms with van der Waals surface area (Å²) in [5, 5.41) is 20.6. The predicted octanol–water partition coefficient (Wildman–Crippen LogP) is 2.05. The van der Waals surface area contributed by atoms with Crippen LogP contribution in [0.4, 0.5) is 5.69 Å². The average Bonchev–Trinajstić information content (AvgIpc) is 2.44. The maximum atomic E-state index is 11.2. The predicted molar refractivity (Wildman–Crippen MR) is 81.2 cm³/mol. The van der Waals surface area contributed by atoms with Crippen molar-refractivity contribution in [2.45, 2.75) is 19.9 Å². The van der Waals surface area contributed by atoms with Crippen molar-refractivity contribution in [3.05, 3.63) is 27.8 Å². The summed E-state index contributed by atoms with van der Waals surface area (Å²) in [4.78, 5) is 10.7. The average molecular weight is 321 g/mol. The van der Waals surface area contributed by atoms with E-state index >= 15 is 0 Å². The lowest BCUT2D eigenvalue weighted by Crippen LogP contribution is -2.32. The van der Waals surface area contributed by atoms with Crippen LogP contribution < -0.4 is 15.2 Å². The van der Waals surface area contributed by atoms with Crippen LogP contribution in [-0.2, 0) is 0 Å². The Kier molecular flexibility index (Phi) is 6.89. The highest BCUT2D eigenvalue weighted by atomic mass is 35.5. The number of benzene rings is 1. The lowest BCUT2D eigenvalue weighted by Gasteiger charge is -2.29. The van der Waals surface area contributed by atoms with Crippen LogP contribution in [-0.4, -0.2) is 30.9 Å². The Morgan fingerprint density at radius 1 is 1.33 bits per heavy atom. The molecule has 0 amide bonds. The highest BCUT2D eigenvalue weighted by molar-refractivity contribution is 5.85. The number of hydrogen-bond acceptors (Lipinski definition) is 6. The number of nitrogens with two attached hydrogens (primary N) is 1. The monoisotopic (exact) mass is 320 g/mol. The summed E-state index contributed by atoms with van der Waals surface area (Å²) in [7, 11) is 2.84. The molecule has 120 valence electrons. The fourth-order valence-corrected chi connectivity index (χ4v) is 1.81. The molecule has 0 radical (unpaired) electrons. The topological polar surface area (TPSA) is 108 Å². The minimum absolute atomic E-state index is 0. The molecule has 0 unspecified atom stereocenters. The summed E-state index contributed by atoms with van der Waals surface area (Å²) >= 11 is 0. The third kappa shape index (κ3) is 3.96. The standard InChI is InChI=1S/C13H20N2O5.ClH/c1-13(2,7-16)12(14)8-5-10(19-3)11(20-4)6-9(8)15(17)18;/h5-6,12,16H,7,14H2,1-4H3;1H/t12-;/m0./s1. The first-order chi connectivity index (χ1) is 9.28. The summed E-state index contributed by atoms with van der Waals surface area (Å²) in [5.41, 5.74) is 5.51. The van der Waals surface area contributed by atoms with Gasteiger partial charge >= 0.3 is 0 Å². The normalized spacial score (nSPS) is 12.3. The van der Waals surface area contributed by atoms with Gasteiger partial charge in [0, 0.05) is 18.1 Å². The van der Waals surface area contributed by atoms with E-state index in [0.717, 1.165) is 0 Å². The van der Waals surface area contributed by atoms with E-state index in [9.17, 15) is 15.2 Å². The molecule has 0 spiro atoms. The van der Waals surface area contributed by atoms with Crippen LogP contribution in [0, 0.1) is 15.5 Å². The van der Waals surface area contributed by atoms with Crippen molar-refractivity contribution >= 4 is 18.1 Å². The van der Waals surface area contributed by atoms with E-state index < -0.39 is 16.4 Å². The Bertz CT molecular complexity index is 508. The number of nitro groups is 1. The molecule has 0 heterocycles. The van der Waals surface area contributed by atoms with E-state index in [0.29, 0.717) is 11.3 Å². The number of ether oxygens (including phenoxy) is 2. The van der Waals surface area contributed by atoms with E-state index in [4.69, 9.17) is 15.2 Å². The van der Waals surface area contributed by atoms with E-state index in [1.165, 1.54) is 26.4 Å². The summed E-state index contributed by atoms with van der Waals surface area (Å²) in [6.45, 7) is 3.27. The van der Waals surface area contributed by atoms with Crippen molar-refractivity contribution < 1.29 is 19.5 Å². The Hall–Kier alpha value is -1.57. The number of rotatable bonds is 6. The highest BCUT2D eigenvalue weighted by Gasteiger charge is 2.33. The van der Waals surface area contributed by atoms with Gasteiger partial charge < -0.3 is 20.3 Å². The summed E-state index contributed by atoms with van der Waals surface area (Å²) < 4.78 is 10.2. The molecule has 0 aromatic heterocycles. The summed E-state index contributed by atoms with van der Waals surface area (Å²) in [6.07, 6.45) is 0. The van der Waals surface area contributed by atoms with Crippen LogP contribution in [0.25, 0.3) is 0 Å². The molecular weight excluding hydrogens is 300 g/mol. The van der Waals surface area contributed by atoms with Crippen molar-refractivity contribution in [2.24, 2.45) is 11.1 Å². The third-order valence-electron chi connectivity index (χ3n) is 3.31. The van der Waals surface area contributed by atoms with Gasteiger partial charge in [0.1, 0.15) is 0 Å². The Morgan fingerprint density at radius 3 is 2.19 bits per heavy atom. The minimum atomic E-state index is -0.715. The van der Waals surface area contributed by atoms with Crippen LogP contribution in [0.15, 0.2) is 12.1 Å². The number of hydrogen-bond donors (Lipinski definition) is 2. The number of nitrogens with zero attached hydrogens (tertiary/aromatic N) is 1. The SMILES string of the molecule is COc1cc([C@H](N)C(C)(C)CO)c([N+](=O)[O-])cc1OC.Cl. The van der Waals surface area contributed by atoms with Gasteiger partial charge in [-0.2, -0.15) is 0 Å². The van der Waals surface area contributed by atoms with Gasteiger partial charge in [0.2, 0.25) is 0 Å². The molecular formula is C13H21ClN2O5. The molecule has 1 atom stereocenters. The fourth-order valence-electron chi connectivity index (χ4n) is 1.81. The zero-order chi connectivity index (χ0) is 15.5. The molecule has 0 aliphatic carbocycles. The van der Waals surface area contributed by atoms with E-state index in [2.05, 4.69) is 0 Å². The Balaban J connectivity index is 0.00000400. The zero-order valence-corrected chi connectivity index (χ0v) is 13.3. The lowest BCUT2D eigenvalue weighted by molar-refractivity contribution is -0.386. The molecule has 0 aliphatic heterocycles. The van der Waals surface area contributed by atoms with Crippen molar-refractivity contribution in [3.8, 4) is 11.5 Å². The van der Waals surface area contributed by atoms with E-state index in [1.807, 2.05) is 0 Å². The largest absolute Gasteiger partial charge is 0.493 e. The van der Waals surface area contributed by atoms with Crippen molar-refractivity contribution in [1.29, 1.82) is 0 Å². The quantitative estimate of drug-likeness (QED) is 0.613. The van der Waals surface area contributed by atoms with Crippen LogP contribution in [0.2, 0.25) is 0 Å². The van der Waals surface area contributed by atoms with Crippen molar-refractivity contribution in [1.82, 2.24) is 0 Å². The van der Waals surface area contributed by atoms with Crippen molar-refractivity contribution in [3.63, 3.8) is 0 Å². The van der Waals surface area contributed by atoms with Gasteiger partial charge in [-0.05, 0) is 6.07 Å². The van der Waals surface area contributed by atoms with Gasteiger partial charge in [-0.25, -0.2) is 0 Å². The Labute approximate surface area is 129 Å². The van der Waals surface area contributed by atoms with Crippen molar-refractivity contribution in [2.75, 3.05) is 20.8 Å². The molecule has 0 aliphatic rings.